The highest BCUT2D eigenvalue weighted by atomic mass is 19.1. The summed E-state index contributed by atoms with van der Waals surface area (Å²) < 4.78 is 26.1. The van der Waals surface area contributed by atoms with Crippen LogP contribution in [0.2, 0.25) is 0 Å². The molecule has 2 heterocycles. The number of likely N-dealkylation sites (tertiary alicyclic amines) is 1. The molecule has 1 N–H and O–H groups in total. The highest BCUT2D eigenvalue weighted by molar-refractivity contribution is 5.77. The van der Waals surface area contributed by atoms with Crippen molar-refractivity contribution in [2.45, 2.75) is 32.0 Å². The summed E-state index contributed by atoms with van der Waals surface area (Å²) in [6, 6.07) is 12.2. The van der Waals surface area contributed by atoms with Gasteiger partial charge in [-0.3, -0.25) is 0 Å². The van der Waals surface area contributed by atoms with E-state index < -0.39 is 0 Å². The fourth-order valence-corrected chi connectivity index (χ4v) is 4.17. The van der Waals surface area contributed by atoms with Crippen LogP contribution in [0.5, 0.6) is 0 Å². The van der Waals surface area contributed by atoms with Gasteiger partial charge in [0.15, 0.2) is 0 Å². The molecule has 0 bridgehead atoms. The van der Waals surface area contributed by atoms with Gasteiger partial charge in [0.25, 0.3) is 0 Å². The summed E-state index contributed by atoms with van der Waals surface area (Å²) in [6.45, 7) is 3.31. The summed E-state index contributed by atoms with van der Waals surface area (Å²) in [4.78, 5) is 30.7. The van der Waals surface area contributed by atoms with Gasteiger partial charge in [-0.05, 0) is 48.2 Å². The van der Waals surface area contributed by atoms with E-state index in [1.165, 1.54) is 24.3 Å². The molecule has 2 fully saturated rings. The number of piperidine rings is 1. The fraction of sp³-hybridized carbons (Fsp3) is 0.391. The quantitative estimate of drug-likeness (QED) is 0.792. The van der Waals surface area contributed by atoms with Gasteiger partial charge < -0.3 is 20.0 Å². The molecule has 0 aromatic heterocycles. The number of hydrogen-bond acceptors (Lipinski definition) is 2. The van der Waals surface area contributed by atoms with Crippen molar-refractivity contribution in [1.29, 1.82) is 0 Å². The third-order valence-corrected chi connectivity index (χ3v) is 5.96. The Bertz CT molecular complexity index is 912. The van der Waals surface area contributed by atoms with Crippen LogP contribution in [-0.2, 0) is 13.1 Å². The Kier molecular flexibility index (Phi) is 6.34. The molecule has 0 aliphatic carbocycles. The van der Waals surface area contributed by atoms with Crippen LogP contribution in [0.25, 0.3) is 0 Å². The molecule has 2 aromatic rings. The number of benzene rings is 2. The van der Waals surface area contributed by atoms with Crippen molar-refractivity contribution < 1.29 is 18.4 Å². The first-order valence-electron chi connectivity index (χ1n) is 10.6. The van der Waals surface area contributed by atoms with Gasteiger partial charge in [0.1, 0.15) is 11.6 Å². The molecule has 31 heavy (non-hydrogen) atoms. The van der Waals surface area contributed by atoms with Crippen molar-refractivity contribution in [3.8, 4) is 0 Å². The van der Waals surface area contributed by atoms with Crippen LogP contribution in [0.3, 0.4) is 0 Å². The number of amides is 4. The van der Waals surface area contributed by atoms with Crippen molar-refractivity contribution in [2.75, 3.05) is 26.2 Å². The molecule has 0 saturated carbocycles. The van der Waals surface area contributed by atoms with Crippen LogP contribution in [0, 0.1) is 11.6 Å². The Balaban J connectivity index is 1.23. The van der Waals surface area contributed by atoms with Gasteiger partial charge in [0.05, 0.1) is 0 Å². The molecule has 2 aromatic carbocycles. The number of urea groups is 2. The third kappa shape index (κ3) is 5.13. The van der Waals surface area contributed by atoms with Crippen molar-refractivity contribution in [1.82, 2.24) is 20.0 Å². The van der Waals surface area contributed by atoms with E-state index in [0.29, 0.717) is 39.3 Å². The highest BCUT2D eigenvalue weighted by Gasteiger charge is 2.35. The van der Waals surface area contributed by atoms with Crippen LogP contribution < -0.4 is 5.32 Å². The van der Waals surface area contributed by atoms with E-state index >= 15 is 0 Å². The number of nitrogens with one attached hydrogen (secondary N) is 1. The topological polar surface area (TPSA) is 55.9 Å². The first-order valence-corrected chi connectivity index (χ1v) is 10.6. The largest absolute Gasteiger partial charge is 0.334 e. The van der Waals surface area contributed by atoms with Crippen LogP contribution >= 0.6 is 0 Å². The van der Waals surface area contributed by atoms with Gasteiger partial charge in [-0.2, -0.15) is 0 Å². The molecule has 4 rings (SSSR count). The molecule has 8 heteroatoms. The molecule has 2 saturated heterocycles. The van der Waals surface area contributed by atoms with E-state index in [2.05, 4.69) is 5.32 Å². The lowest BCUT2D eigenvalue weighted by molar-refractivity contribution is 0.134. The van der Waals surface area contributed by atoms with Gasteiger partial charge in [0.2, 0.25) is 0 Å². The zero-order valence-electron chi connectivity index (χ0n) is 17.3. The predicted molar refractivity (Wildman–Crippen MR) is 112 cm³/mol. The van der Waals surface area contributed by atoms with E-state index in [-0.39, 0.29) is 29.7 Å². The average Bonchev–Trinajstić information content (AvgIpc) is 3.15. The Morgan fingerprint density at radius 1 is 0.871 bits per heavy atom. The van der Waals surface area contributed by atoms with E-state index in [9.17, 15) is 18.4 Å². The average molecular weight is 428 g/mol. The summed E-state index contributed by atoms with van der Waals surface area (Å²) in [5.41, 5.74) is 1.75. The molecule has 164 valence electrons. The lowest BCUT2D eigenvalue weighted by Crippen LogP contribution is -2.50. The second-order valence-electron chi connectivity index (χ2n) is 8.03. The minimum atomic E-state index is -0.301. The molecule has 0 unspecified atom stereocenters. The standard InChI is InChI=1S/C23H26F2N4O2/c24-19-5-1-17(2-6-19)15-26-22(30)27-11-9-21(10-12-27)29-14-13-28(23(29)31)16-18-3-7-20(25)8-4-18/h1-8,21H,9-16H2,(H,26,30). The fourth-order valence-electron chi connectivity index (χ4n) is 4.17. The second-order valence-corrected chi connectivity index (χ2v) is 8.03. The Hall–Kier alpha value is -3.16. The minimum absolute atomic E-state index is 0.00327. The molecule has 0 spiro atoms. The number of rotatable bonds is 5. The lowest BCUT2D eigenvalue weighted by Gasteiger charge is -2.36. The van der Waals surface area contributed by atoms with Crippen molar-refractivity contribution >= 4 is 12.1 Å². The number of hydrogen-bond donors (Lipinski definition) is 1. The molecular weight excluding hydrogens is 402 g/mol. The molecule has 6 nitrogen and oxygen atoms in total. The molecular formula is C23H26F2N4O2. The molecule has 0 atom stereocenters. The van der Waals surface area contributed by atoms with Crippen molar-refractivity contribution in [3.63, 3.8) is 0 Å². The van der Waals surface area contributed by atoms with Crippen LogP contribution in [0.1, 0.15) is 24.0 Å². The summed E-state index contributed by atoms with van der Waals surface area (Å²) in [5.74, 6) is -0.587. The van der Waals surface area contributed by atoms with E-state index in [4.69, 9.17) is 0 Å². The van der Waals surface area contributed by atoms with Gasteiger partial charge in [-0.1, -0.05) is 24.3 Å². The van der Waals surface area contributed by atoms with E-state index in [1.54, 1.807) is 34.1 Å². The SMILES string of the molecule is O=C(NCc1ccc(F)cc1)N1CCC(N2CCN(Cc3ccc(F)cc3)C2=O)CC1. The Morgan fingerprint density at radius 3 is 2.06 bits per heavy atom. The molecule has 2 aliphatic rings. The minimum Gasteiger partial charge on any atom is -0.334 e. The van der Waals surface area contributed by atoms with Crippen LogP contribution in [0.15, 0.2) is 48.5 Å². The maximum absolute atomic E-state index is 13.1. The number of carbonyl (C=O) groups excluding carboxylic acids is 2. The van der Waals surface area contributed by atoms with Crippen molar-refractivity contribution in [2.24, 2.45) is 0 Å². The maximum Gasteiger partial charge on any atom is 0.320 e. The molecule has 2 aliphatic heterocycles. The summed E-state index contributed by atoms with van der Waals surface area (Å²) in [5, 5.41) is 2.87. The second kappa shape index (κ2) is 9.32. The third-order valence-electron chi connectivity index (χ3n) is 5.96. The lowest BCUT2D eigenvalue weighted by atomic mass is 10.0. The number of carbonyl (C=O) groups is 2. The van der Waals surface area contributed by atoms with Gasteiger partial charge in [0, 0.05) is 45.3 Å². The first kappa shape index (κ1) is 21.1. The maximum atomic E-state index is 13.1. The predicted octanol–water partition coefficient (Wildman–Crippen LogP) is 3.58. The zero-order chi connectivity index (χ0) is 21.8. The molecule has 4 amide bonds. The molecule has 0 radical (unpaired) electrons. The smallest absolute Gasteiger partial charge is 0.320 e. The van der Waals surface area contributed by atoms with E-state index in [0.717, 1.165) is 24.0 Å². The highest BCUT2D eigenvalue weighted by Crippen LogP contribution is 2.23. The Labute approximate surface area is 180 Å². The van der Waals surface area contributed by atoms with E-state index in [1.807, 2.05) is 4.90 Å². The van der Waals surface area contributed by atoms with Crippen LogP contribution in [-0.4, -0.2) is 59.0 Å². The normalized spacial score (nSPS) is 17.4. The summed E-state index contributed by atoms with van der Waals surface area (Å²) >= 11 is 0. The summed E-state index contributed by atoms with van der Waals surface area (Å²) in [7, 11) is 0. The number of nitrogens with zero attached hydrogens (tertiary/aromatic N) is 3. The number of halogens is 2. The summed E-state index contributed by atoms with van der Waals surface area (Å²) in [6.07, 6.45) is 1.47. The van der Waals surface area contributed by atoms with Gasteiger partial charge in [-0.15, -0.1) is 0 Å². The van der Waals surface area contributed by atoms with Crippen molar-refractivity contribution in [3.05, 3.63) is 71.3 Å². The van der Waals surface area contributed by atoms with Crippen LogP contribution in [0.4, 0.5) is 18.4 Å². The van der Waals surface area contributed by atoms with Gasteiger partial charge in [-0.25, -0.2) is 18.4 Å². The first-order chi connectivity index (χ1) is 15.0. The zero-order valence-corrected chi connectivity index (χ0v) is 17.3. The monoisotopic (exact) mass is 428 g/mol. The van der Waals surface area contributed by atoms with Gasteiger partial charge >= 0.3 is 12.1 Å². The Morgan fingerprint density at radius 2 is 1.45 bits per heavy atom.